The Bertz CT molecular complexity index is 463. The van der Waals surface area contributed by atoms with E-state index in [0.29, 0.717) is 15.0 Å². The van der Waals surface area contributed by atoms with E-state index in [4.69, 9.17) is 0 Å². The fourth-order valence-corrected chi connectivity index (χ4v) is 4.49. The summed E-state index contributed by atoms with van der Waals surface area (Å²) in [6.45, 7) is 0. The quantitative estimate of drug-likeness (QED) is 0.561. The summed E-state index contributed by atoms with van der Waals surface area (Å²) in [5.74, 6) is 0. The van der Waals surface area contributed by atoms with Gasteiger partial charge in [-0.3, -0.25) is 0 Å². The van der Waals surface area contributed by atoms with Crippen LogP contribution in [-0.2, 0) is 0 Å². The monoisotopic (exact) mass is 386 g/mol. The van der Waals surface area contributed by atoms with Crippen molar-refractivity contribution < 1.29 is 0 Å². The van der Waals surface area contributed by atoms with Crippen molar-refractivity contribution in [2.75, 3.05) is 0 Å². The molecule has 0 N–H and O–H groups in total. The van der Waals surface area contributed by atoms with Gasteiger partial charge in [0.15, 0.2) is 0 Å². The molecule has 2 aromatic carbocycles. The molecule has 0 aliphatic carbocycles. The van der Waals surface area contributed by atoms with E-state index in [0.717, 1.165) is 0 Å². The normalized spacial score (nSPS) is 11.4. The minimum absolute atomic E-state index is 0.428. The van der Waals surface area contributed by atoms with E-state index in [1.54, 1.807) is 0 Å². The zero-order valence-corrected chi connectivity index (χ0v) is 12.5. The number of hydrogen-bond acceptors (Lipinski definition) is 0. The summed E-state index contributed by atoms with van der Waals surface area (Å²) < 4.78 is 2.84. The van der Waals surface area contributed by atoms with Gasteiger partial charge in [-0.25, -0.2) is 0 Å². The molecule has 0 bridgehead atoms. The van der Waals surface area contributed by atoms with E-state index >= 15 is 0 Å². The van der Waals surface area contributed by atoms with Gasteiger partial charge >= 0.3 is 117 Å². The fourth-order valence-electron chi connectivity index (χ4n) is 1.31. The van der Waals surface area contributed by atoms with Crippen LogP contribution in [-0.4, -0.2) is 15.0 Å². The van der Waals surface area contributed by atoms with Crippen LogP contribution in [0.5, 0.6) is 0 Å². The molecule has 0 saturated carbocycles. The van der Waals surface area contributed by atoms with Gasteiger partial charge in [-0.15, -0.1) is 0 Å². The summed E-state index contributed by atoms with van der Waals surface area (Å²) in [5.41, 5.74) is 1.28. The third-order valence-electron chi connectivity index (χ3n) is 2.04. The molecule has 2 rings (SSSR count). The second kappa shape index (κ2) is 6.24. The van der Waals surface area contributed by atoms with E-state index in [-0.39, 0.29) is 0 Å². The molecule has 0 aliphatic heterocycles. The molecule has 0 nitrogen and oxygen atoms in total. The van der Waals surface area contributed by atoms with Gasteiger partial charge in [-0.2, -0.15) is 0 Å². The molecule has 0 amide bonds. The van der Waals surface area contributed by atoms with Gasteiger partial charge in [0.05, 0.1) is 0 Å². The molecule has 0 radical (unpaired) electrons. The first-order valence-electron chi connectivity index (χ1n) is 5.00. The Morgan fingerprint density at radius 1 is 0.875 bits per heavy atom. The summed E-state index contributed by atoms with van der Waals surface area (Å²) in [4.78, 5) is 0. The molecule has 0 saturated heterocycles. The number of benzene rings is 2. The summed E-state index contributed by atoms with van der Waals surface area (Å²) >= 11 is 2.87. The Balaban J connectivity index is 2.09. The first-order valence-corrected chi connectivity index (χ1v) is 7.79. The average molecular weight is 385 g/mol. The van der Waals surface area contributed by atoms with Crippen molar-refractivity contribution in [1.29, 1.82) is 0 Å². The molecule has 0 spiro atoms. The van der Waals surface area contributed by atoms with Crippen molar-refractivity contribution in [2.45, 2.75) is 0 Å². The van der Waals surface area contributed by atoms with Crippen LogP contribution in [0.25, 0.3) is 6.08 Å². The van der Waals surface area contributed by atoms with Gasteiger partial charge in [0, 0.05) is 0 Å². The van der Waals surface area contributed by atoms with Gasteiger partial charge in [0.2, 0.25) is 0 Å². The van der Waals surface area contributed by atoms with Gasteiger partial charge in [0.1, 0.15) is 0 Å². The van der Waals surface area contributed by atoms with Crippen molar-refractivity contribution >= 4 is 48.1 Å². The summed E-state index contributed by atoms with van der Waals surface area (Å²) in [7, 11) is 0. The van der Waals surface area contributed by atoms with Crippen molar-refractivity contribution in [2.24, 2.45) is 0 Å². The predicted molar refractivity (Wildman–Crippen MR) is 80.3 cm³/mol. The molecule has 0 aliphatic rings. The van der Waals surface area contributed by atoms with E-state index < -0.39 is 0 Å². The van der Waals surface area contributed by atoms with Crippen LogP contribution in [0.15, 0.2) is 63.1 Å². The van der Waals surface area contributed by atoms with Crippen LogP contribution in [0.3, 0.4) is 0 Å². The summed E-state index contributed by atoms with van der Waals surface area (Å²) in [6, 6.07) is 21.1. The maximum atomic E-state index is 2.44. The van der Waals surface area contributed by atoms with E-state index in [1.807, 2.05) is 6.07 Å². The molecule has 0 atom stereocenters. The van der Waals surface area contributed by atoms with Gasteiger partial charge in [-0.05, 0) is 0 Å². The Morgan fingerprint density at radius 3 is 2.06 bits per heavy atom. The number of halogens is 1. The Labute approximate surface area is 116 Å². The maximum absolute atomic E-state index is 2.44. The van der Waals surface area contributed by atoms with Crippen LogP contribution in [0, 0.1) is 0 Å². The van der Waals surface area contributed by atoms with E-state index in [1.165, 1.54) is 12.5 Å². The fraction of sp³-hybridized carbons (Fsp3) is 0. The van der Waals surface area contributed by atoms with Gasteiger partial charge < -0.3 is 0 Å². The zero-order chi connectivity index (χ0) is 11.2. The molecule has 0 heterocycles. The predicted octanol–water partition coefficient (Wildman–Crippen LogP) is 3.45. The number of hydrogen-bond donors (Lipinski definition) is 0. The van der Waals surface area contributed by atoms with Crippen LogP contribution in [0.1, 0.15) is 5.56 Å². The topological polar surface area (TPSA) is 0 Å². The van der Waals surface area contributed by atoms with Gasteiger partial charge in [0.25, 0.3) is 0 Å². The third kappa shape index (κ3) is 3.78. The second-order valence-corrected chi connectivity index (χ2v) is 8.42. The molecule has 16 heavy (non-hydrogen) atoms. The molecule has 0 unspecified atom stereocenters. The van der Waals surface area contributed by atoms with Crippen molar-refractivity contribution in [3.8, 4) is 0 Å². The van der Waals surface area contributed by atoms with Gasteiger partial charge in [-0.1, -0.05) is 0 Å². The molecule has 2 heteroatoms. The van der Waals surface area contributed by atoms with E-state index in [2.05, 4.69) is 83.3 Å². The molecular weight excluding hydrogens is 374 g/mol. The van der Waals surface area contributed by atoms with Crippen LogP contribution >= 0.6 is 22.6 Å². The standard InChI is InChI=1S/C14H11ISe/c15-14(11-12-7-3-1-4-8-12)16-13-9-5-2-6-10-13/h1-11H/b14-11+. The Hall–Kier alpha value is -0.571. The molecular formula is C14H11ISe. The zero-order valence-electron chi connectivity index (χ0n) is 8.64. The van der Waals surface area contributed by atoms with Crippen LogP contribution in [0.2, 0.25) is 0 Å². The summed E-state index contributed by atoms with van der Waals surface area (Å²) in [6.07, 6.45) is 2.26. The molecule has 0 fully saturated rings. The summed E-state index contributed by atoms with van der Waals surface area (Å²) in [5, 5.41) is 0. The SMILES string of the molecule is I/C(=C\c1ccccc1)[Se]c1ccccc1. The Morgan fingerprint density at radius 2 is 1.44 bits per heavy atom. The second-order valence-electron chi connectivity index (χ2n) is 3.27. The first-order chi connectivity index (χ1) is 7.84. The molecule has 2 aromatic rings. The van der Waals surface area contributed by atoms with Crippen molar-refractivity contribution in [3.05, 3.63) is 68.7 Å². The molecule has 80 valence electrons. The third-order valence-corrected chi connectivity index (χ3v) is 5.22. The van der Waals surface area contributed by atoms with Crippen LogP contribution < -0.4 is 4.46 Å². The van der Waals surface area contributed by atoms with Crippen LogP contribution in [0.4, 0.5) is 0 Å². The first kappa shape index (κ1) is 11.9. The van der Waals surface area contributed by atoms with E-state index in [9.17, 15) is 0 Å². The average Bonchev–Trinajstić information content (AvgIpc) is 2.31. The van der Waals surface area contributed by atoms with Crippen molar-refractivity contribution in [3.63, 3.8) is 0 Å². The molecule has 0 aromatic heterocycles. The Kier molecular flexibility index (Phi) is 4.64. The minimum atomic E-state index is 0.428. The van der Waals surface area contributed by atoms with Crippen molar-refractivity contribution in [1.82, 2.24) is 0 Å². The number of rotatable bonds is 3.